The Hall–Kier alpha value is -2.11. The maximum absolute atomic E-state index is 6.05. The number of halogens is 1. The number of likely N-dealkylation sites (tertiary alicyclic amines) is 1. The summed E-state index contributed by atoms with van der Waals surface area (Å²) in [5.41, 5.74) is 8.17. The zero-order chi connectivity index (χ0) is 17.8. The van der Waals surface area contributed by atoms with Crippen molar-refractivity contribution in [3.05, 3.63) is 60.2 Å². The molecule has 0 amide bonds. The monoisotopic (exact) mass is 359 g/mol. The third-order valence-corrected chi connectivity index (χ3v) is 5.03. The molecule has 1 saturated heterocycles. The molecule has 2 heterocycles. The molecule has 1 unspecified atom stereocenters. The Kier molecular flexibility index (Phi) is 5.56. The largest absolute Gasteiger partial charge is 0.376 e. The number of fused-ring (bicyclic) bond motifs is 1. The first-order valence-electron chi connectivity index (χ1n) is 8.64. The number of nitrogens with one attached hydrogen (secondary N) is 2. The molecular formula is C19H26ClN5. The van der Waals surface area contributed by atoms with Gasteiger partial charge in [0.2, 0.25) is 0 Å². The minimum Gasteiger partial charge on any atom is -0.376 e. The SMILES string of the molecule is C=CN1CCCC(N(CN)C(=C)NCc2cc3cc(Cl)ccc3[nH]2)C1. The van der Waals surface area contributed by atoms with Crippen LogP contribution in [-0.4, -0.2) is 40.6 Å². The molecular weight excluding hydrogens is 334 g/mol. The fraction of sp³-hybridized carbons (Fsp3) is 0.368. The lowest BCUT2D eigenvalue weighted by Crippen LogP contribution is -2.49. The van der Waals surface area contributed by atoms with Gasteiger partial charge in [0.15, 0.2) is 0 Å². The minimum atomic E-state index is 0.360. The summed E-state index contributed by atoms with van der Waals surface area (Å²) in [6, 6.07) is 8.31. The molecule has 0 aliphatic carbocycles. The number of H-pyrrole nitrogens is 1. The van der Waals surface area contributed by atoms with Gasteiger partial charge in [0.05, 0.1) is 19.0 Å². The Bertz CT molecular complexity index is 753. The van der Waals surface area contributed by atoms with Gasteiger partial charge >= 0.3 is 0 Å². The van der Waals surface area contributed by atoms with E-state index in [1.165, 1.54) is 0 Å². The van der Waals surface area contributed by atoms with E-state index in [-0.39, 0.29) is 0 Å². The van der Waals surface area contributed by atoms with Gasteiger partial charge in [-0.25, -0.2) is 0 Å². The summed E-state index contributed by atoms with van der Waals surface area (Å²) in [7, 11) is 0. The molecule has 4 N–H and O–H groups in total. The zero-order valence-electron chi connectivity index (χ0n) is 14.5. The van der Waals surface area contributed by atoms with E-state index in [1.54, 1.807) is 0 Å². The van der Waals surface area contributed by atoms with E-state index in [0.717, 1.165) is 53.4 Å². The molecule has 1 aliphatic rings. The molecule has 3 rings (SSSR count). The van der Waals surface area contributed by atoms with Crippen molar-refractivity contribution in [1.29, 1.82) is 0 Å². The van der Waals surface area contributed by atoms with Crippen molar-refractivity contribution in [2.45, 2.75) is 25.4 Å². The Morgan fingerprint density at radius 2 is 2.32 bits per heavy atom. The van der Waals surface area contributed by atoms with E-state index in [4.69, 9.17) is 17.3 Å². The third-order valence-electron chi connectivity index (χ3n) is 4.79. The summed E-state index contributed by atoms with van der Waals surface area (Å²) in [6.07, 6.45) is 4.17. The summed E-state index contributed by atoms with van der Waals surface area (Å²) >= 11 is 6.05. The Balaban J connectivity index is 1.62. The normalized spacial score (nSPS) is 17.5. The number of nitrogens with zero attached hydrogens (tertiary/aromatic N) is 2. The fourth-order valence-corrected chi connectivity index (χ4v) is 3.62. The minimum absolute atomic E-state index is 0.360. The van der Waals surface area contributed by atoms with Crippen LogP contribution in [0.3, 0.4) is 0 Å². The first-order valence-corrected chi connectivity index (χ1v) is 9.01. The van der Waals surface area contributed by atoms with Crippen molar-refractivity contribution >= 4 is 22.5 Å². The molecule has 1 aliphatic heterocycles. The topological polar surface area (TPSA) is 60.3 Å². The van der Waals surface area contributed by atoms with Gasteiger partial charge in [0.1, 0.15) is 0 Å². The average Bonchev–Trinajstić information content (AvgIpc) is 3.02. The van der Waals surface area contributed by atoms with Crippen molar-refractivity contribution in [3.63, 3.8) is 0 Å². The van der Waals surface area contributed by atoms with E-state index in [2.05, 4.69) is 39.3 Å². The smallest absolute Gasteiger partial charge is 0.0955 e. The van der Waals surface area contributed by atoms with Crippen molar-refractivity contribution in [2.75, 3.05) is 19.8 Å². The molecule has 0 radical (unpaired) electrons. The van der Waals surface area contributed by atoms with Crippen molar-refractivity contribution < 1.29 is 0 Å². The van der Waals surface area contributed by atoms with Gasteiger partial charge in [-0.1, -0.05) is 24.8 Å². The van der Waals surface area contributed by atoms with Gasteiger partial charge < -0.3 is 25.8 Å². The van der Waals surface area contributed by atoms with E-state index in [1.807, 2.05) is 24.4 Å². The quantitative estimate of drug-likeness (QED) is 0.664. The van der Waals surface area contributed by atoms with Crippen molar-refractivity contribution in [2.24, 2.45) is 5.73 Å². The molecule has 2 aromatic rings. The van der Waals surface area contributed by atoms with Gasteiger partial charge in [-0.3, -0.25) is 0 Å². The van der Waals surface area contributed by atoms with Crippen LogP contribution >= 0.6 is 11.6 Å². The Labute approximate surface area is 154 Å². The summed E-state index contributed by atoms with van der Waals surface area (Å²) in [4.78, 5) is 7.79. The van der Waals surface area contributed by atoms with Crippen LogP contribution in [0, 0.1) is 0 Å². The van der Waals surface area contributed by atoms with E-state index in [9.17, 15) is 0 Å². The number of aromatic amines is 1. The lowest BCUT2D eigenvalue weighted by Gasteiger charge is -2.40. The highest BCUT2D eigenvalue weighted by atomic mass is 35.5. The molecule has 6 heteroatoms. The Morgan fingerprint density at radius 1 is 1.48 bits per heavy atom. The lowest BCUT2D eigenvalue weighted by atomic mass is 10.0. The average molecular weight is 360 g/mol. The van der Waals surface area contributed by atoms with E-state index in [0.29, 0.717) is 19.3 Å². The van der Waals surface area contributed by atoms with Crippen LogP contribution in [0.15, 0.2) is 49.4 Å². The second-order valence-corrected chi connectivity index (χ2v) is 6.89. The van der Waals surface area contributed by atoms with Crippen LogP contribution in [-0.2, 0) is 6.54 Å². The molecule has 0 saturated carbocycles. The molecule has 5 nitrogen and oxygen atoms in total. The number of hydrogen-bond donors (Lipinski definition) is 3. The first kappa shape index (κ1) is 17.7. The maximum Gasteiger partial charge on any atom is 0.0955 e. The van der Waals surface area contributed by atoms with Crippen LogP contribution < -0.4 is 11.1 Å². The van der Waals surface area contributed by atoms with Gasteiger partial charge in [-0.15, -0.1) is 0 Å². The number of rotatable bonds is 7. The van der Waals surface area contributed by atoms with Crippen molar-refractivity contribution in [3.8, 4) is 0 Å². The van der Waals surface area contributed by atoms with Gasteiger partial charge in [-0.05, 0) is 43.3 Å². The predicted octanol–water partition coefficient (Wildman–Crippen LogP) is 3.21. The maximum atomic E-state index is 6.05. The molecule has 1 aromatic heterocycles. The van der Waals surface area contributed by atoms with E-state index < -0.39 is 0 Å². The summed E-state index contributed by atoms with van der Waals surface area (Å²) in [5.74, 6) is 0.857. The highest BCUT2D eigenvalue weighted by molar-refractivity contribution is 6.31. The predicted molar refractivity (Wildman–Crippen MR) is 105 cm³/mol. The standard InChI is InChI=1S/C19H26ClN5/c1-3-24-8-4-5-18(12-24)25(13-21)14(2)22-11-17-10-15-9-16(20)6-7-19(15)23-17/h3,6-7,9-10,18,22-23H,1-2,4-5,8,11-13,21H2. The fourth-order valence-electron chi connectivity index (χ4n) is 3.44. The van der Waals surface area contributed by atoms with Crippen LogP contribution in [0.1, 0.15) is 18.5 Å². The number of nitrogens with two attached hydrogens (primary N) is 1. The van der Waals surface area contributed by atoms with Gasteiger partial charge in [0, 0.05) is 40.8 Å². The first-order chi connectivity index (χ1) is 12.1. The van der Waals surface area contributed by atoms with Gasteiger partial charge in [-0.2, -0.15) is 0 Å². The summed E-state index contributed by atoms with van der Waals surface area (Å²) in [5, 5.41) is 5.25. The van der Waals surface area contributed by atoms with Crippen LogP contribution in [0.4, 0.5) is 0 Å². The zero-order valence-corrected chi connectivity index (χ0v) is 15.2. The number of aromatic nitrogens is 1. The molecule has 1 fully saturated rings. The molecule has 0 bridgehead atoms. The number of benzene rings is 1. The van der Waals surface area contributed by atoms with Crippen LogP contribution in [0.25, 0.3) is 10.9 Å². The second kappa shape index (κ2) is 7.85. The lowest BCUT2D eigenvalue weighted by molar-refractivity contribution is 0.148. The van der Waals surface area contributed by atoms with Crippen molar-refractivity contribution in [1.82, 2.24) is 20.1 Å². The highest BCUT2D eigenvalue weighted by Crippen LogP contribution is 2.21. The Morgan fingerprint density at radius 3 is 3.08 bits per heavy atom. The van der Waals surface area contributed by atoms with Crippen LogP contribution in [0.5, 0.6) is 0 Å². The molecule has 134 valence electrons. The molecule has 0 spiro atoms. The number of piperidine rings is 1. The van der Waals surface area contributed by atoms with E-state index >= 15 is 0 Å². The highest BCUT2D eigenvalue weighted by Gasteiger charge is 2.24. The molecule has 25 heavy (non-hydrogen) atoms. The summed E-state index contributed by atoms with van der Waals surface area (Å²) < 4.78 is 0. The molecule has 1 aromatic carbocycles. The molecule has 1 atom stereocenters. The van der Waals surface area contributed by atoms with Crippen LogP contribution in [0.2, 0.25) is 5.02 Å². The summed E-state index contributed by atoms with van der Waals surface area (Å²) in [6.45, 7) is 11.2. The van der Waals surface area contributed by atoms with Gasteiger partial charge in [0.25, 0.3) is 0 Å². The second-order valence-electron chi connectivity index (χ2n) is 6.45. The third kappa shape index (κ3) is 4.11. The number of hydrogen-bond acceptors (Lipinski definition) is 4.